The summed E-state index contributed by atoms with van der Waals surface area (Å²) in [5.74, 6) is 0.417. The Morgan fingerprint density at radius 2 is 2.19 bits per heavy atom. The highest BCUT2D eigenvalue weighted by atomic mass is 79.9. The molecule has 1 heterocycles. The highest BCUT2D eigenvalue weighted by Gasteiger charge is 2.21. The maximum Gasteiger partial charge on any atom is 0.229 e. The summed E-state index contributed by atoms with van der Waals surface area (Å²) < 4.78 is 1.03. The Hall–Kier alpha value is -0.390. The summed E-state index contributed by atoms with van der Waals surface area (Å²) in [6.07, 6.45) is 0. The SMILES string of the molecule is CNCC(C(=O)Nc1ccc(Br)s1)C(C)C. The molecule has 0 aliphatic carbocycles. The molecular formula is C11H17BrN2OS. The van der Waals surface area contributed by atoms with Gasteiger partial charge in [0.2, 0.25) is 5.91 Å². The zero-order valence-electron chi connectivity index (χ0n) is 9.71. The van der Waals surface area contributed by atoms with Gasteiger partial charge in [-0.3, -0.25) is 4.79 Å². The number of carbonyl (C=O) groups is 1. The maximum absolute atomic E-state index is 12.0. The predicted molar refractivity (Wildman–Crippen MR) is 72.9 cm³/mol. The molecule has 0 fully saturated rings. The van der Waals surface area contributed by atoms with E-state index in [0.717, 1.165) is 8.79 Å². The number of carbonyl (C=O) groups excluding carboxylic acids is 1. The van der Waals surface area contributed by atoms with Gasteiger partial charge in [0.15, 0.2) is 0 Å². The zero-order valence-corrected chi connectivity index (χ0v) is 12.1. The number of amides is 1. The molecule has 1 rings (SSSR count). The van der Waals surface area contributed by atoms with E-state index in [-0.39, 0.29) is 11.8 Å². The second-order valence-corrected chi connectivity index (χ2v) is 6.46. The van der Waals surface area contributed by atoms with Gasteiger partial charge >= 0.3 is 0 Å². The van der Waals surface area contributed by atoms with Gasteiger partial charge in [0.25, 0.3) is 0 Å². The van der Waals surface area contributed by atoms with Crippen molar-refractivity contribution in [1.29, 1.82) is 0 Å². The van der Waals surface area contributed by atoms with Gasteiger partial charge in [-0.15, -0.1) is 11.3 Å². The first-order valence-corrected chi connectivity index (χ1v) is 6.86. The minimum absolute atomic E-state index is 0.00544. The number of anilines is 1. The fourth-order valence-electron chi connectivity index (χ4n) is 1.45. The van der Waals surface area contributed by atoms with Crippen LogP contribution in [0.2, 0.25) is 0 Å². The van der Waals surface area contributed by atoms with Crippen LogP contribution in [0, 0.1) is 11.8 Å². The number of rotatable bonds is 5. The van der Waals surface area contributed by atoms with Crippen molar-refractivity contribution < 1.29 is 4.79 Å². The van der Waals surface area contributed by atoms with Crippen molar-refractivity contribution in [2.45, 2.75) is 13.8 Å². The van der Waals surface area contributed by atoms with E-state index in [0.29, 0.717) is 12.5 Å². The number of hydrogen-bond acceptors (Lipinski definition) is 3. The summed E-state index contributed by atoms with van der Waals surface area (Å²) in [4.78, 5) is 12.0. The summed E-state index contributed by atoms with van der Waals surface area (Å²) in [5.41, 5.74) is 0. The molecule has 0 spiro atoms. The molecule has 2 N–H and O–H groups in total. The monoisotopic (exact) mass is 304 g/mol. The van der Waals surface area contributed by atoms with E-state index in [1.165, 1.54) is 11.3 Å². The molecule has 1 unspecified atom stereocenters. The first-order chi connectivity index (χ1) is 7.54. The van der Waals surface area contributed by atoms with Crippen LogP contribution in [0.5, 0.6) is 0 Å². The number of halogens is 1. The molecule has 16 heavy (non-hydrogen) atoms. The van der Waals surface area contributed by atoms with Crippen LogP contribution in [0.25, 0.3) is 0 Å². The molecule has 0 saturated heterocycles. The molecule has 0 radical (unpaired) electrons. The summed E-state index contributed by atoms with van der Waals surface area (Å²) in [6.45, 7) is 4.83. The van der Waals surface area contributed by atoms with Gasteiger partial charge in [0, 0.05) is 6.54 Å². The molecule has 0 aromatic carbocycles. The Kier molecular flexibility index (Phi) is 5.44. The van der Waals surface area contributed by atoms with Crippen molar-refractivity contribution in [1.82, 2.24) is 5.32 Å². The Labute approximate surface area is 109 Å². The highest BCUT2D eigenvalue weighted by Crippen LogP contribution is 2.27. The van der Waals surface area contributed by atoms with Gasteiger partial charge in [-0.1, -0.05) is 13.8 Å². The topological polar surface area (TPSA) is 41.1 Å². The number of thiophene rings is 1. The van der Waals surface area contributed by atoms with E-state index in [4.69, 9.17) is 0 Å². The molecule has 0 aliphatic heterocycles. The van der Waals surface area contributed by atoms with Crippen LogP contribution >= 0.6 is 27.3 Å². The van der Waals surface area contributed by atoms with Gasteiger partial charge in [0.05, 0.1) is 14.7 Å². The average Bonchev–Trinajstić information content (AvgIpc) is 2.59. The van der Waals surface area contributed by atoms with Gasteiger partial charge in [-0.2, -0.15) is 0 Å². The normalized spacial score (nSPS) is 12.8. The lowest BCUT2D eigenvalue weighted by Gasteiger charge is -2.19. The van der Waals surface area contributed by atoms with E-state index in [9.17, 15) is 4.79 Å². The molecule has 0 bridgehead atoms. The third-order valence-corrected chi connectivity index (χ3v) is 3.92. The van der Waals surface area contributed by atoms with Crippen LogP contribution in [0.1, 0.15) is 13.8 Å². The number of nitrogens with one attached hydrogen (secondary N) is 2. The van der Waals surface area contributed by atoms with E-state index < -0.39 is 0 Å². The van der Waals surface area contributed by atoms with Gasteiger partial charge in [0.1, 0.15) is 0 Å². The minimum atomic E-state index is 0.00544. The molecule has 5 heteroatoms. The fraction of sp³-hybridized carbons (Fsp3) is 0.545. The lowest BCUT2D eigenvalue weighted by atomic mass is 9.95. The lowest BCUT2D eigenvalue weighted by molar-refractivity contribution is -0.120. The molecular weight excluding hydrogens is 288 g/mol. The van der Waals surface area contributed by atoms with E-state index in [1.54, 1.807) is 0 Å². The highest BCUT2D eigenvalue weighted by molar-refractivity contribution is 9.11. The van der Waals surface area contributed by atoms with Crippen molar-refractivity contribution in [3.05, 3.63) is 15.9 Å². The van der Waals surface area contributed by atoms with E-state index in [1.807, 2.05) is 19.2 Å². The Morgan fingerprint density at radius 1 is 1.50 bits per heavy atom. The Morgan fingerprint density at radius 3 is 2.62 bits per heavy atom. The van der Waals surface area contributed by atoms with Gasteiger partial charge in [-0.05, 0) is 41.0 Å². The van der Waals surface area contributed by atoms with Gasteiger partial charge < -0.3 is 10.6 Å². The van der Waals surface area contributed by atoms with Crippen molar-refractivity contribution in [2.24, 2.45) is 11.8 Å². The predicted octanol–water partition coefficient (Wildman–Crippen LogP) is 2.94. The standard InChI is InChI=1S/C11H17BrN2OS/c1-7(2)8(6-13-3)11(15)14-10-5-4-9(12)16-10/h4-5,7-8,13H,6H2,1-3H3,(H,14,15). The fourth-order valence-corrected chi connectivity index (χ4v) is 2.74. The van der Waals surface area contributed by atoms with Gasteiger partial charge in [-0.25, -0.2) is 0 Å². The van der Waals surface area contributed by atoms with E-state index >= 15 is 0 Å². The minimum Gasteiger partial charge on any atom is -0.319 e. The molecule has 1 aromatic heterocycles. The quantitative estimate of drug-likeness (QED) is 0.878. The summed E-state index contributed by atoms with van der Waals surface area (Å²) in [5, 5.41) is 6.88. The molecule has 90 valence electrons. The van der Waals surface area contributed by atoms with Crippen LogP contribution in [-0.2, 0) is 4.79 Å². The van der Waals surface area contributed by atoms with E-state index in [2.05, 4.69) is 40.4 Å². The third kappa shape index (κ3) is 3.88. The average molecular weight is 305 g/mol. The summed E-state index contributed by atoms with van der Waals surface area (Å²) in [6, 6.07) is 3.84. The molecule has 1 amide bonds. The Balaban J connectivity index is 2.61. The molecule has 1 aromatic rings. The summed E-state index contributed by atoms with van der Waals surface area (Å²) >= 11 is 4.90. The molecule has 3 nitrogen and oxygen atoms in total. The van der Waals surface area contributed by atoms with Crippen molar-refractivity contribution in [2.75, 3.05) is 18.9 Å². The smallest absolute Gasteiger partial charge is 0.229 e. The number of hydrogen-bond donors (Lipinski definition) is 2. The molecule has 0 saturated carbocycles. The summed E-state index contributed by atoms with van der Waals surface area (Å²) in [7, 11) is 1.87. The van der Waals surface area contributed by atoms with Crippen LogP contribution in [0.4, 0.5) is 5.00 Å². The van der Waals surface area contributed by atoms with Crippen LogP contribution in [0.15, 0.2) is 15.9 Å². The van der Waals surface area contributed by atoms with Crippen LogP contribution in [0.3, 0.4) is 0 Å². The lowest BCUT2D eigenvalue weighted by Crippen LogP contribution is -2.34. The van der Waals surface area contributed by atoms with Crippen molar-refractivity contribution in [3.8, 4) is 0 Å². The molecule has 1 atom stereocenters. The van der Waals surface area contributed by atoms with Crippen molar-refractivity contribution >= 4 is 38.2 Å². The first-order valence-electron chi connectivity index (χ1n) is 5.25. The first kappa shape index (κ1) is 13.7. The van der Waals surface area contributed by atoms with Crippen molar-refractivity contribution in [3.63, 3.8) is 0 Å². The van der Waals surface area contributed by atoms with Crippen LogP contribution < -0.4 is 10.6 Å². The second kappa shape index (κ2) is 6.37. The zero-order chi connectivity index (χ0) is 12.1. The Bertz CT molecular complexity index is 352. The molecule has 0 aliphatic rings. The largest absolute Gasteiger partial charge is 0.319 e. The maximum atomic E-state index is 12.0. The van der Waals surface area contributed by atoms with Crippen LogP contribution in [-0.4, -0.2) is 19.5 Å². The third-order valence-electron chi connectivity index (χ3n) is 2.39. The second-order valence-electron chi connectivity index (χ2n) is 4.00.